The van der Waals surface area contributed by atoms with E-state index in [-0.39, 0.29) is 0 Å². The molecule has 3 rings (SSSR count). The molecule has 1 atom stereocenters. The summed E-state index contributed by atoms with van der Waals surface area (Å²) in [5.74, 6) is 2.49. The van der Waals surface area contributed by atoms with E-state index in [0.29, 0.717) is 6.04 Å². The fourth-order valence-electron chi connectivity index (χ4n) is 2.41. The fourth-order valence-corrected chi connectivity index (χ4v) is 5.50. The van der Waals surface area contributed by atoms with Crippen LogP contribution in [0.1, 0.15) is 33.2 Å². The Morgan fingerprint density at radius 1 is 1.47 bits per heavy atom. The smallest absolute Gasteiger partial charge is 0.0794 e. The summed E-state index contributed by atoms with van der Waals surface area (Å²) in [7, 11) is 0. The third-order valence-corrected chi connectivity index (χ3v) is 6.49. The quantitative estimate of drug-likeness (QED) is 0.907. The number of rotatable bonds is 5. The van der Waals surface area contributed by atoms with Crippen molar-refractivity contribution in [2.75, 3.05) is 12.3 Å². The second-order valence-electron chi connectivity index (χ2n) is 4.68. The molecule has 0 aliphatic carbocycles. The summed E-state index contributed by atoms with van der Waals surface area (Å²) >= 11 is 5.83. The molecule has 0 saturated heterocycles. The SMILES string of the molecule is CCNC(Cc1cncs1)c1cc2c(s1)CCSC2. The molecule has 0 saturated carbocycles. The Hall–Kier alpha value is -0.360. The second-order valence-corrected chi connectivity index (χ2v) is 7.93. The summed E-state index contributed by atoms with van der Waals surface area (Å²) in [6, 6.07) is 2.88. The van der Waals surface area contributed by atoms with Gasteiger partial charge in [-0.1, -0.05) is 6.92 Å². The fraction of sp³-hybridized carbons (Fsp3) is 0.500. The first-order valence-corrected chi connectivity index (χ1v) is 9.52. The first-order chi connectivity index (χ1) is 9.36. The molecule has 2 aromatic heterocycles. The molecule has 1 aliphatic heterocycles. The van der Waals surface area contributed by atoms with Gasteiger partial charge in [0.2, 0.25) is 0 Å². The van der Waals surface area contributed by atoms with Crippen molar-refractivity contribution in [3.05, 3.63) is 38.0 Å². The molecule has 102 valence electrons. The Labute approximate surface area is 126 Å². The number of thioether (sulfide) groups is 1. The van der Waals surface area contributed by atoms with Gasteiger partial charge in [0.25, 0.3) is 0 Å². The lowest BCUT2D eigenvalue weighted by Gasteiger charge is -2.15. The van der Waals surface area contributed by atoms with Crippen LogP contribution in [0.2, 0.25) is 0 Å². The van der Waals surface area contributed by atoms with Gasteiger partial charge >= 0.3 is 0 Å². The molecule has 0 fully saturated rings. The molecule has 1 aliphatic rings. The standard InChI is InChI=1S/C14H18N2S3/c1-2-16-12(6-11-7-15-9-18-11)14-5-10-8-17-4-3-13(10)19-14/h5,7,9,12,16H,2-4,6,8H2,1H3. The molecule has 2 nitrogen and oxygen atoms in total. The van der Waals surface area contributed by atoms with Gasteiger partial charge in [0.1, 0.15) is 0 Å². The Bertz CT molecular complexity index is 495. The van der Waals surface area contributed by atoms with Gasteiger partial charge in [-0.15, -0.1) is 22.7 Å². The maximum atomic E-state index is 4.18. The average molecular weight is 311 g/mol. The van der Waals surface area contributed by atoms with E-state index in [1.54, 1.807) is 21.8 Å². The molecule has 0 amide bonds. The first-order valence-electron chi connectivity index (χ1n) is 6.66. The number of nitrogens with zero attached hydrogens (tertiary/aromatic N) is 1. The Morgan fingerprint density at radius 3 is 3.16 bits per heavy atom. The van der Waals surface area contributed by atoms with Crippen molar-refractivity contribution in [2.24, 2.45) is 0 Å². The van der Waals surface area contributed by atoms with Gasteiger partial charge < -0.3 is 5.32 Å². The first kappa shape index (κ1) is 13.6. The van der Waals surface area contributed by atoms with Gasteiger partial charge in [0.05, 0.1) is 5.51 Å². The lowest BCUT2D eigenvalue weighted by atomic mass is 10.1. The third-order valence-electron chi connectivity index (χ3n) is 3.33. The largest absolute Gasteiger partial charge is 0.309 e. The van der Waals surface area contributed by atoms with Crippen molar-refractivity contribution < 1.29 is 0 Å². The van der Waals surface area contributed by atoms with Gasteiger partial charge in [-0.3, -0.25) is 4.98 Å². The number of likely N-dealkylation sites (N-methyl/N-ethyl adjacent to an activating group) is 1. The van der Waals surface area contributed by atoms with Crippen LogP contribution in [0.5, 0.6) is 0 Å². The van der Waals surface area contributed by atoms with Gasteiger partial charge in [-0.25, -0.2) is 0 Å². The van der Waals surface area contributed by atoms with Crippen LogP contribution >= 0.6 is 34.4 Å². The molecule has 0 radical (unpaired) electrons. The van der Waals surface area contributed by atoms with E-state index in [1.807, 2.05) is 23.0 Å². The molecule has 0 bridgehead atoms. The average Bonchev–Trinajstić information content (AvgIpc) is 3.06. The maximum absolute atomic E-state index is 4.18. The molecule has 3 heterocycles. The van der Waals surface area contributed by atoms with E-state index in [0.717, 1.165) is 13.0 Å². The van der Waals surface area contributed by atoms with Crippen molar-refractivity contribution in [1.29, 1.82) is 0 Å². The number of fused-ring (bicyclic) bond motifs is 1. The molecule has 0 spiro atoms. The van der Waals surface area contributed by atoms with Crippen LogP contribution in [-0.4, -0.2) is 17.3 Å². The number of hydrogen-bond donors (Lipinski definition) is 1. The van der Waals surface area contributed by atoms with Crippen LogP contribution in [0.3, 0.4) is 0 Å². The van der Waals surface area contributed by atoms with Gasteiger partial charge in [-0.05, 0) is 30.3 Å². The summed E-state index contributed by atoms with van der Waals surface area (Å²) in [6.45, 7) is 3.20. The molecular weight excluding hydrogens is 292 g/mol. The van der Waals surface area contributed by atoms with E-state index in [1.165, 1.54) is 27.7 Å². The Balaban J connectivity index is 1.80. The van der Waals surface area contributed by atoms with Crippen molar-refractivity contribution in [3.63, 3.8) is 0 Å². The normalized spacial score (nSPS) is 16.3. The maximum Gasteiger partial charge on any atom is 0.0794 e. The Kier molecular flexibility index (Phi) is 4.58. The van der Waals surface area contributed by atoms with Gasteiger partial charge in [-0.2, -0.15) is 11.8 Å². The molecule has 2 aromatic rings. The van der Waals surface area contributed by atoms with Crippen molar-refractivity contribution in [2.45, 2.75) is 31.6 Å². The highest BCUT2D eigenvalue weighted by Crippen LogP contribution is 2.35. The van der Waals surface area contributed by atoms with Crippen LogP contribution < -0.4 is 5.32 Å². The van der Waals surface area contributed by atoms with Crippen LogP contribution in [0, 0.1) is 0 Å². The number of thiophene rings is 1. The highest BCUT2D eigenvalue weighted by atomic mass is 32.2. The summed E-state index contributed by atoms with van der Waals surface area (Å²) in [4.78, 5) is 8.67. The van der Waals surface area contributed by atoms with Crippen LogP contribution in [0.4, 0.5) is 0 Å². The summed E-state index contributed by atoms with van der Waals surface area (Å²) in [5, 5.41) is 3.63. The highest BCUT2D eigenvalue weighted by Gasteiger charge is 2.19. The van der Waals surface area contributed by atoms with E-state index < -0.39 is 0 Å². The zero-order valence-corrected chi connectivity index (χ0v) is 13.5. The highest BCUT2D eigenvalue weighted by molar-refractivity contribution is 7.98. The van der Waals surface area contributed by atoms with E-state index in [2.05, 4.69) is 35.1 Å². The van der Waals surface area contributed by atoms with Gasteiger partial charge in [0.15, 0.2) is 0 Å². The van der Waals surface area contributed by atoms with Crippen LogP contribution in [0.15, 0.2) is 17.8 Å². The molecule has 1 unspecified atom stereocenters. The van der Waals surface area contributed by atoms with E-state index >= 15 is 0 Å². The summed E-state index contributed by atoms with van der Waals surface area (Å²) in [6.07, 6.45) is 4.31. The van der Waals surface area contributed by atoms with E-state index in [4.69, 9.17) is 0 Å². The summed E-state index contributed by atoms with van der Waals surface area (Å²) < 4.78 is 0. The number of nitrogens with one attached hydrogen (secondary N) is 1. The van der Waals surface area contributed by atoms with Crippen molar-refractivity contribution in [3.8, 4) is 0 Å². The molecule has 5 heteroatoms. The van der Waals surface area contributed by atoms with E-state index in [9.17, 15) is 0 Å². The minimum absolute atomic E-state index is 0.450. The topological polar surface area (TPSA) is 24.9 Å². The minimum atomic E-state index is 0.450. The zero-order chi connectivity index (χ0) is 13.1. The summed E-state index contributed by atoms with van der Waals surface area (Å²) in [5.41, 5.74) is 3.50. The van der Waals surface area contributed by atoms with Gasteiger partial charge in [0, 0.05) is 39.0 Å². The number of aromatic nitrogens is 1. The lowest BCUT2D eigenvalue weighted by Crippen LogP contribution is -2.21. The number of hydrogen-bond acceptors (Lipinski definition) is 5. The van der Waals surface area contributed by atoms with Crippen LogP contribution in [0.25, 0.3) is 0 Å². The van der Waals surface area contributed by atoms with Crippen molar-refractivity contribution >= 4 is 34.4 Å². The molecular formula is C14H18N2S3. The zero-order valence-electron chi connectivity index (χ0n) is 11.0. The lowest BCUT2D eigenvalue weighted by molar-refractivity contribution is 0.561. The van der Waals surface area contributed by atoms with Crippen molar-refractivity contribution in [1.82, 2.24) is 10.3 Å². The number of aryl methyl sites for hydroxylation is 1. The molecule has 19 heavy (non-hydrogen) atoms. The monoisotopic (exact) mass is 310 g/mol. The van der Waals surface area contributed by atoms with Crippen LogP contribution in [-0.2, 0) is 18.6 Å². The second kappa shape index (κ2) is 6.39. The molecule has 0 aromatic carbocycles. The third kappa shape index (κ3) is 3.21. The number of thiazole rings is 1. The predicted octanol–water partition coefficient (Wildman–Crippen LogP) is 3.89. The minimum Gasteiger partial charge on any atom is -0.309 e. The molecule has 1 N–H and O–H groups in total. The predicted molar refractivity (Wildman–Crippen MR) is 86.4 cm³/mol. The Morgan fingerprint density at radius 2 is 2.42 bits per heavy atom.